The highest BCUT2D eigenvalue weighted by Gasteiger charge is 2.45. The van der Waals surface area contributed by atoms with Crippen molar-refractivity contribution < 1.29 is 9.90 Å². The number of nitrogens with one attached hydrogen (secondary N) is 1. The molecule has 0 radical (unpaired) electrons. The molecule has 2 fully saturated rings. The molecule has 2 N–H and O–H groups in total. The lowest BCUT2D eigenvalue weighted by Crippen LogP contribution is -2.68. The quantitative estimate of drug-likeness (QED) is 0.692. The maximum atomic E-state index is 10.8. The number of likely N-dealkylation sites (N-methyl/N-ethyl adjacent to an activating group) is 1. The van der Waals surface area contributed by atoms with Crippen molar-refractivity contribution in [2.24, 2.45) is 11.8 Å². The predicted molar refractivity (Wildman–Crippen MR) is 57.8 cm³/mol. The van der Waals surface area contributed by atoms with Gasteiger partial charge >= 0.3 is 5.97 Å². The molecule has 1 saturated heterocycles. The number of aliphatic carboxylic acids is 1. The van der Waals surface area contributed by atoms with Gasteiger partial charge in [0, 0.05) is 19.6 Å². The highest BCUT2D eigenvalue weighted by molar-refractivity contribution is 5.68. The molecule has 2 unspecified atom stereocenters. The molecule has 1 aliphatic carbocycles. The first-order valence-corrected chi connectivity index (χ1v) is 5.67. The van der Waals surface area contributed by atoms with Crippen LogP contribution in [0.3, 0.4) is 0 Å². The van der Waals surface area contributed by atoms with Crippen LogP contribution in [0.1, 0.15) is 19.8 Å². The second-order valence-corrected chi connectivity index (χ2v) is 5.25. The third-order valence-corrected chi connectivity index (χ3v) is 3.98. The molecule has 4 heteroatoms. The second kappa shape index (κ2) is 3.76. The van der Waals surface area contributed by atoms with Crippen molar-refractivity contribution in [2.75, 3.05) is 26.7 Å². The summed E-state index contributed by atoms with van der Waals surface area (Å²) < 4.78 is 0. The Balaban J connectivity index is 1.90. The Hall–Kier alpha value is -0.610. The second-order valence-electron chi connectivity index (χ2n) is 5.25. The van der Waals surface area contributed by atoms with Gasteiger partial charge in [0.05, 0.1) is 12.0 Å². The molecule has 1 heterocycles. The smallest absolute Gasteiger partial charge is 0.305 e. The van der Waals surface area contributed by atoms with Crippen LogP contribution in [0.15, 0.2) is 0 Å². The molecule has 0 aromatic rings. The molecule has 0 spiro atoms. The van der Waals surface area contributed by atoms with Gasteiger partial charge in [-0.25, -0.2) is 0 Å². The van der Waals surface area contributed by atoms with Gasteiger partial charge in [0.25, 0.3) is 0 Å². The molecular weight excluding hydrogens is 192 g/mol. The monoisotopic (exact) mass is 212 g/mol. The minimum Gasteiger partial charge on any atom is -0.481 e. The molecule has 1 aliphatic heterocycles. The number of carbonyl (C=O) groups is 1. The molecule has 2 atom stereocenters. The summed E-state index contributed by atoms with van der Waals surface area (Å²) in [7, 11) is 2.06. The zero-order chi connectivity index (χ0) is 11.1. The molecule has 0 bridgehead atoms. The Labute approximate surface area is 90.6 Å². The number of hydrogen-bond acceptors (Lipinski definition) is 3. The molecule has 86 valence electrons. The van der Waals surface area contributed by atoms with E-state index in [4.69, 9.17) is 5.11 Å². The third kappa shape index (κ3) is 2.16. The van der Waals surface area contributed by atoms with Gasteiger partial charge in [-0.2, -0.15) is 0 Å². The van der Waals surface area contributed by atoms with Gasteiger partial charge in [-0.05, 0) is 25.3 Å². The summed E-state index contributed by atoms with van der Waals surface area (Å²) in [5.74, 6) is 0.941. The van der Waals surface area contributed by atoms with Gasteiger partial charge in [-0.3, -0.25) is 9.69 Å². The van der Waals surface area contributed by atoms with Gasteiger partial charge in [-0.15, -0.1) is 0 Å². The van der Waals surface area contributed by atoms with E-state index in [2.05, 4.69) is 24.2 Å². The van der Waals surface area contributed by atoms with Gasteiger partial charge in [0.15, 0.2) is 0 Å². The van der Waals surface area contributed by atoms with Crippen molar-refractivity contribution in [3.8, 4) is 0 Å². The van der Waals surface area contributed by atoms with Crippen molar-refractivity contribution in [2.45, 2.75) is 25.3 Å². The Morgan fingerprint density at radius 1 is 1.60 bits per heavy atom. The van der Waals surface area contributed by atoms with Crippen LogP contribution in [0.5, 0.6) is 0 Å². The standard InChI is InChI=1S/C11H20N2O2/c1-8-3-9(8)5-13(2)11(4-10(14)15)6-12-7-11/h8-9,12H,3-7H2,1-2H3,(H,14,15). The van der Waals surface area contributed by atoms with Crippen LogP contribution in [0, 0.1) is 11.8 Å². The minimum atomic E-state index is -0.688. The van der Waals surface area contributed by atoms with Gasteiger partial charge < -0.3 is 10.4 Å². The van der Waals surface area contributed by atoms with E-state index in [1.54, 1.807) is 0 Å². The molecule has 15 heavy (non-hydrogen) atoms. The number of carboxylic acid groups (broad SMARTS) is 1. The van der Waals surface area contributed by atoms with Crippen molar-refractivity contribution in [1.29, 1.82) is 0 Å². The average molecular weight is 212 g/mol. The number of nitrogens with zero attached hydrogens (tertiary/aromatic N) is 1. The van der Waals surface area contributed by atoms with Crippen LogP contribution in [0.25, 0.3) is 0 Å². The predicted octanol–water partition coefficient (Wildman–Crippen LogP) is 0.391. The summed E-state index contributed by atoms with van der Waals surface area (Å²) in [6.45, 7) is 4.95. The van der Waals surface area contributed by atoms with Crippen molar-refractivity contribution in [1.82, 2.24) is 10.2 Å². The molecule has 0 aromatic heterocycles. The van der Waals surface area contributed by atoms with Crippen molar-refractivity contribution >= 4 is 5.97 Å². The van der Waals surface area contributed by atoms with E-state index < -0.39 is 5.97 Å². The lowest BCUT2D eigenvalue weighted by Gasteiger charge is -2.48. The number of rotatable bonds is 5. The Bertz CT molecular complexity index is 263. The van der Waals surface area contributed by atoms with Crippen molar-refractivity contribution in [3.63, 3.8) is 0 Å². The molecule has 0 amide bonds. The topological polar surface area (TPSA) is 52.6 Å². The van der Waals surface area contributed by atoms with Crippen LogP contribution >= 0.6 is 0 Å². The van der Waals surface area contributed by atoms with E-state index in [9.17, 15) is 4.79 Å². The summed E-state index contributed by atoms with van der Waals surface area (Å²) >= 11 is 0. The Kier molecular flexibility index (Phi) is 2.73. The minimum absolute atomic E-state index is 0.117. The summed E-state index contributed by atoms with van der Waals surface area (Å²) in [6.07, 6.45) is 1.57. The lowest BCUT2D eigenvalue weighted by molar-refractivity contribution is -0.141. The van der Waals surface area contributed by atoms with E-state index in [0.29, 0.717) is 0 Å². The number of hydrogen-bond donors (Lipinski definition) is 2. The zero-order valence-corrected chi connectivity index (χ0v) is 9.49. The van der Waals surface area contributed by atoms with Crippen LogP contribution in [-0.2, 0) is 4.79 Å². The first-order valence-electron chi connectivity index (χ1n) is 5.67. The zero-order valence-electron chi connectivity index (χ0n) is 9.49. The van der Waals surface area contributed by atoms with E-state index in [1.165, 1.54) is 6.42 Å². The SMILES string of the molecule is CC1CC1CN(C)C1(CC(=O)O)CNC1. The normalized spacial score (nSPS) is 32.5. The summed E-state index contributed by atoms with van der Waals surface area (Å²) in [6, 6.07) is 0. The van der Waals surface area contributed by atoms with Crippen LogP contribution < -0.4 is 5.32 Å². The number of carboxylic acids is 1. The highest BCUT2D eigenvalue weighted by Crippen LogP contribution is 2.39. The van der Waals surface area contributed by atoms with E-state index in [0.717, 1.165) is 31.5 Å². The highest BCUT2D eigenvalue weighted by atomic mass is 16.4. The first kappa shape index (κ1) is 10.9. The fourth-order valence-electron chi connectivity index (χ4n) is 2.42. The maximum absolute atomic E-state index is 10.8. The summed E-state index contributed by atoms with van der Waals surface area (Å²) in [4.78, 5) is 13.1. The molecular formula is C11H20N2O2. The molecule has 0 aromatic carbocycles. The molecule has 2 aliphatic rings. The Morgan fingerprint density at radius 2 is 2.20 bits per heavy atom. The summed E-state index contributed by atoms with van der Waals surface area (Å²) in [5, 5.41) is 12.1. The fraction of sp³-hybridized carbons (Fsp3) is 0.909. The molecule has 2 rings (SSSR count). The average Bonchev–Trinajstić information content (AvgIpc) is 2.73. The van der Waals surface area contributed by atoms with E-state index in [-0.39, 0.29) is 12.0 Å². The van der Waals surface area contributed by atoms with Crippen LogP contribution in [-0.4, -0.2) is 48.2 Å². The van der Waals surface area contributed by atoms with Gasteiger partial charge in [0.2, 0.25) is 0 Å². The van der Waals surface area contributed by atoms with Crippen LogP contribution in [0.2, 0.25) is 0 Å². The largest absolute Gasteiger partial charge is 0.481 e. The van der Waals surface area contributed by atoms with Gasteiger partial charge in [-0.1, -0.05) is 6.92 Å². The van der Waals surface area contributed by atoms with Gasteiger partial charge in [0.1, 0.15) is 0 Å². The fourth-order valence-corrected chi connectivity index (χ4v) is 2.42. The first-order chi connectivity index (χ1) is 7.03. The summed E-state index contributed by atoms with van der Waals surface area (Å²) in [5.41, 5.74) is -0.117. The molecule has 4 nitrogen and oxygen atoms in total. The Morgan fingerprint density at radius 3 is 2.53 bits per heavy atom. The molecule has 1 saturated carbocycles. The lowest BCUT2D eigenvalue weighted by atomic mass is 9.86. The van der Waals surface area contributed by atoms with Crippen molar-refractivity contribution in [3.05, 3.63) is 0 Å². The van der Waals surface area contributed by atoms with E-state index >= 15 is 0 Å². The van der Waals surface area contributed by atoms with Crippen LogP contribution in [0.4, 0.5) is 0 Å². The maximum Gasteiger partial charge on any atom is 0.305 e. The third-order valence-electron chi connectivity index (χ3n) is 3.98. The van der Waals surface area contributed by atoms with E-state index in [1.807, 2.05) is 0 Å².